The summed E-state index contributed by atoms with van der Waals surface area (Å²) < 4.78 is 0. The molecule has 0 aromatic carbocycles. The molecule has 2 heteroatoms. The summed E-state index contributed by atoms with van der Waals surface area (Å²) in [6.07, 6.45) is 9.68. The van der Waals surface area contributed by atoms with E-state index < -0.39 is 0 Å². The Morgan fingerprint density at radius 2 is 1.94 bits per heavy atom. The molecule has 0 aromatic heterocycles. The van der Waals surface area contributed by atoms with E-state index in [1.54, 1.807) is 0 Å². The zero-order chi connectivity index (χ0) is 12.5. The van der Waals surface area contributed by atoms with Crippen LogP contribution in [0, 0.1) is 11.3 Å². The summed E-state index contributed by atoms with van der Waals surface area (Å²) >= 11 is 0. The molecule has 2 nitrogen and oxygen atoms in total. The van der Waals surface area contributed by atoms with E-state index in [9.17, 15) is 0 Å². The van der Waals surface area contributed by atoms with Crippen molar-refractivity contribution >= 4 is 0 Å². The second kappa shape index (κ2) is 5.27. The lowest BCUT2D eigenvalue weighted by atomic mass is 9.74. The van der Waals surface area contributed by atoms with E-state index in [-0.39, 0.29) is 0 Å². The monoisotopic (exact) mass is 238 g/mol. The van der Waals surface area contributed by atoms with E-state index >= 15 is 0 Å². The molecule has 3 atom stereocenters. The third kappa shape index (κ3) is 3.03. The largest absolute Gasteiger partial charge is 0.330 e. The zero-order valence-electron chi connectivity index (χ0n) is 11.9. The summed E-state index contributed by atoms with van der Waals surface area (Å²) in [5, 5.41) is 0. The van der Waals surface area contributed by atoms with Crippen LogP contribution in [0.1, 0.15) is 58.8 Å². The number of rotatable bonds is 3. The fraction of sp³-hybridized carbons (Fsp3) is 1.00. The van der Waals surface area contributed by atoms with Gasteiger partial charge in [0, 0.05) is 12.1 Å². The van der Waals surface area contributed by atoms with Crippen LogP contribution < -0.4 is 5.73 Å². The Hall–Kier alpha value is -0.0800. The molecule has 2 aliphatic rings. The van der Waals surface area contributed by atoms with Crippen molar-refractivity contribution in [3.8, 4) is 0 Å². The van der Waals surface area contributed by atoms with Gasteiger partial charge in [0.05, 0.1) is 0 Å². The summed E-state index contributed by atoms with van der Waals surface area (Å²) in [6, 6.07) is 1.56. The average molecular weight is 238 g/mol. The van der Waals surface area contributed by atoms with Gasteiger partial charge in [0.2, 0.25) is 0 Å². The predicted octanol–water partition coefficient (Wildman–Crippen LogP) is 3.01. The first-order valence-corrected chi connectivity index (χ1v) is 7.45. The number of nitrogens with zero attached hydrogens (tertiary/aromatic N) is 1. The van der Waals surface area contributed by atoms with Crippen LogP contribution in [0.4, 0.5) is 0 Å². The topological polar surface area (TPSA) is 29.3 Å². The third-order valence-electron chi connectivity index (χ3n) is 5.20. The van der Waals surface area contributed by atoms with Crippen molar-refractivity contribution in [2.45, 2.75) is 70.9 Å². The van der Waals surface area contributed by atoms with Crippen LogP contribution in [-0.2, 0) is 0 Å². The van der Waals surface area contributed by atoms with Crippen molar-refractivity contribution < 1.29 is 0 Å². The summed E-state index contributed by atoms with van der Waals surface area (Å²) in [7, 11) is 2.35. The highest BCUT2D eigenvalue weighted by atomic mass is 15.2. The summed E-state index contributed by atoms with van der Waals surface area (Å²) in [5.41, 5.74) is 6.47. The maximum atomic E-state index is 5.92. The van der Waals surface area contributed by atoms with E-state index in [1.807, 2.05) is 0 Å². The molecule has 2 N–H and O–H groups in total. The molecule has 0 spiro atoms. The lowest BCUT2D eigenvalue weighted by Gasteiger charge is -2.43. The number of hydrogen-bond acceptors (Lipinski definition) is 2. The number of hydrogen-bond donors (Lipinski definition) is 1. The van der Waals surface area contributed by atoms with Gasteiger partial charge in [0.1, 0.15) is 0 Å². The van der Waals surface area contributed by atoms with Crippen molar-refractivity contribution in [3.63, 3.8) is 0 Å². The van der Waals surface area contributed by atoms with Gasteiger partial charge in [-0.2, -0.15) is 0 Å². The highest BCUT2D eigenvalue weighted by Crippen LogP contribution is 2.39. The Balaban J connectivity index is 1.96. The van der Waals surface area contributed by atoms with Gasteiger partial charge < -0.3 is 10.6 Å². The van der Waals surface area contributed by atoms with E-state index in [0.717, 1.165) is 24.5 Å². The van der Waals surface area contributed by atoms with Crippen molar-refractivity contribution in [2.75, 3.05) is 13.6 Å². The van der Waals surface area contributed by atoms with Crippen LogP contribution in [0.15, 0.2) is 0 Å². The molecule has 2 rings (SSSR count). The first-order chi connectivity index (χ1) is 8.03. The smallest absolute Gasteiger partial charge is 0.0135 e. The van der Waals surface area contributed by atoms with Gasteiger partial charge in [-0.3, -0.25) is 0 Å². The van der Waals surface area contributed by atoms with Crippen molar-refractivity contribution in [1.82, 2.24) is 4.90 Å². The summed E-state index contributed by atoms with van der Waals surface area (Å²) in [5.74, 6) is 0.755. The van der Waals surface area contributed by atoms with E-state index in [2.05, 4.69) is 25.8 Å². The van der Waals surface area contributed by atoms with Gasteiger partial charge in [0.25, 0.3) is 0 Å². The van der Waals surface area contributed by atoms with E-state index in [0.29, 0.717) is 5.41 Å². The van der Waals surface area contributed by atoms with Crippen molar-refractivity contribution in [1.29, 1.82) is 0 Å². The molecule has 17 heavy (non-hydrogen) atoms. The summed E-state index contributed by atoms with van der Waals surface area (Å²) in [6.45, 7) is 5.75. The molecule has 0 aromatic rings. The molecule has 2 saturated carbocycles. The van der Waals surface area contributed by atoms with Gasteiger partial charge in [-0.15, -0.1) is 0 Å². The van der Waals surface area contributed by atoms with Gasteiger partial charge in [-0.05, 0) is 57.0 Å². The molecule has 2 fully saturated rings. The van der Waals surface area contributed by atoms with Crippen LogP contribution in [0.5, 0.6) is 0 Å². The molecule has 0 heterocycles. The van der Waals surface area contributed by atoms with Crippen LogP contribution in [0.2, 0.25) is 0 Å². The molecule has 0 radical (unpaired) electrons. The molecular formula is C15H30N2. The zero-order valence-corrected chi connectivity index (χ0v) is 11.9. The lowest BCUT2D eigenvalue weighted by molar-refractivity contribution is 0.0692. The summed E-state index contributed by atoms with van der Waals surface area (Å²) in [4.78, 5) is 2.69. The molecule has 100 valence electrons. The van der Waals surface area contributed by atoms with Crippen molar-refractivity contribution in [3.05, 3.63) is 0 Å². The predicted molar refractivity (Wildman–Crippen MR) is 74.0 cm³/mol. The first kappa shape index (κ1) is 13.4. The first-order valence-electron chi connectivity index (χ1n) is 7.45. The van der Waals surface area contributed by atoms with Crippen LogP contribution >= 0.6 is 0 Å². The van der Waals surface area contributed by atoms with E-state index in [1.165, 1.54) is 44.9 Å². The lowest BCUT2D eigenvalue weighted by Crippen LogP contribution is -2.47. The molecule has 0 saturated heterocycles. The van der Waals surface area contributed by atoms with E-state index in [4.69, 9.17) is 5.73 Å². The van der Waals surface area contributed by atoms with Crippen LogP contribution in [0.3, 0.4) is 0 Å². The SMILES string of the molecule is CN(C1CCCC(C)(C)C1)C1CCCC1CN. The number of nitrogens with two attached hydrogens (primary N) is 1. The van der Waals surface area contributed by atoms with Crippen LogP contribution in [-0.4, -0.2) is 30.6 Å². The van der Waals surface area contributed by atoms with Gasteiger partial charge in [0.15, 0.2) is 0 Å². The molecule has 2 aliphatic carbocycles. The highest BCUT2D eigenvalue weighted by Gasteiger charge is 2.36. The Morgan fingerprint density at radius 1 is 1.18 bits per heavy atom. The second-order valence-corrected chi connectivity index (χ2v) is 7.07. The molecular weight excluding hydrogens is 208 g/mol. The average Bonchev–Trinajstić information content (AvgIpc) is 2.74. The molecule has 0 bridgehead atoms. The Labute approximate surface area is 107 Å². The second-order valence-electron chi connectivity index (χ2n) is 7.07. The van der Waals surface area contributed by atoms with Gasteiger partial charge >= 0.3 is 0 Å². The molecule has 0 aliphatic heterocycles. The van der Waals surface area contributed by atoms with Gasteiger partial charge in [-0.25, -0.2) is 0 Å². The normalized spacial score (nSPS) is 37.6. The quantitative estimate of drug-likeness (QED) is 0.819. The maximum Gasteiger partial charge on any atom is 0.0135 e. The maximum absolute atomic E-state index is 5.92. The van der Waals surface area contributed by atoms with Gasteiger partial charge in [-0.1, -0.05) is 26.7 Å². The minimum atomic E-state index is 0.550. The standard InChI is InChI=1S/C15H30N2/c1-15(2)9-5-7-13(10-15)17(3)14-8-4-6-12(14)11-16/h12-14H,4-11,16H2,1-3H3. The minimum Gasteiger partial charge on any atom is -0.330 e. The Bertz CT molecular complexity index is 249. The Kier molecular flexibility index (Phi) is 4.14. The fourth-order valence-electron chi connectivity index (χ4n) is 4.11. The minimum absolute atomic E-state index is 0.550. The fourth-order valence-corrected chi connectivity index (χ4v) is 4.11. The highest BCUT2D eigenvalue weighted by molar-refractivity contribution is 4.91. The van der Waals surface area contributed by atoms with Crippen LogP contribution in [0.25, 0.3) is 0 Å². The van der Waals surface area contributed by atoms with Crippen molar-refractivity contribution in [2.24, 2.45) is 17.1 Å². The molecule has 0 amide bonds. The third-order valence-corrected chi connectivity index (χ3v) is 5.20. The Morgan fingerprint density at radius 3 is 2.59 bits per heavy atom. The molecule has 3 unspecified atom stereocenters.